The molecule has 0 fully saturated rings. The van der Waals surface area contributed by atoms with Crippen LogP contribution in [0.2, 0.25) is 0 Å². The van der Waals surface area contributed by atoms with E-state index >= 15 is 0 Å². The number of aromatic nitrogens is 1. The van der Waals surface area contributed by atoms with E-state index in [-0.39, 0.29) is 11.3 Å². The van der Waals surface area contributed by atoms with Crippen LogP contribution in [0, 0.1) is 11.6 Å². The van der Waals surface area contributed by atoms with Crippen LogP contribution in [0.5, 0.6) is 0 Å². The fourth-order valence-electron chi connectivity index (χ4n) is 1.38. The molecule has 0 aliphatic rings. The van der Waals surface area contributed by atoms with Crippen LogP contribution in [0.4, 0.5) is 8.78 Å². The van der Waals surface area contributed by atoms with Gasteiger partial charge in [-0.15, -0.1) is 11.3 Å². The fraction of sp³-hybridized carbons (Fsp3) is 0.0909. The number of carboxylic acid groups (broad SMARTS) is 1. The van der Waals surface area contributed by atoms with E-state index in [1.807, 2.05) is 0 Å². The van der Waals surface area contributed by atoms with Gasteiger partial charge in [-0.25, -0.2) is 18.6 Å². The average Bonchev–Trinajstić information content (AvgIpc) is 2.64. The van der Waals surface area contributed by atoms with Crippen molar-refractivity contribution in [1.29, 1.82) is 0 Å². The molecule has 1 heterocycles. The lowest BCUT2D eigenvalue weighted by molar-refractivity contribution is 0.0702. The molecule has 0 amide bonds. The Kier molecular flexibility index (Phi) is 3.14. The second kappa shape index (κ2) is 4.58. The Bertz CT molecular complexity index is 548. The summed E-state index contributed by atoms with van der Waals surface area (Å²) in [5, 5.41) is 9.21. The number of aromatic carboxylic acids is 1. The third-order valence-corrected chi connectivity index (χ3v) is 3.03. The van der Waals surface area contributed by atoms with Gasteiger partial charge >= 0.3 is 5.97 Å². The van der Waals surface area contributed by atoms with Gasteiger partial charge in [0.05, 0.1) is 11.2 Å². The Morgan fingerprint density at radius 3 is 2.47 bits per heavy atom. The van der Waals surface area contributed by atoms with E-state index in [1.165, 1.54) is 18.3 Å². The minimum absolute atomic E-state index is 0.108. The predicted octanol–water partition coefficient (Wildman–Crippen LogP) is 2.71. The molecule has 3 nitrogen and oxygen atoms in total. The molecular weight excluding hydrogens is 248 g/mol. The standard InChI is InChI=1S/C11H7F2NO2S/c12-7-1-6(2-8(13)4-7)3-10-14-5-9(17-10)11(15)16/h1-2,4-5H,3H2,(H,15,16). The molecule has 6 heteroatoms. The summed E-state index contributed by atoms with van der Waals surface area (Å²) in [7, 11) is 0. The van der Waals surface area contributed by atoms with Crippen molar-refractivity contribution in [2.24, 2.45) is 0 Å². The first-order valence-electron chi connectivity index (χ1n) is 4.67. The van der Waals surface area contributed by atoms with E-state index in [0.717, 1.165) is 17.4 Å². The van der Waals surface area contributed by atoms with E-state index in [2.05, 4.69) is 4.98 Å². The van der Waals surface area contributed by atoms with Crippen LogP contribution in [0.25, 0.3) is 0 Å². The molecule has 0 atom stereocenters. The molecule has 88 valence electrons. The highest BCUT2D eigenvalue weighted by Crippen LogP contribution is 2.18. The molecule has 2 aromatic rings. The number of carboxylic acids is 1. The number of carbonyl (C=O) groups is 1. The van der Waals surface area contributed by atoms with Gasteiger partial charge in [0.2, 0.25) is 0 Å². The molecule has 0 bridgehead atoms. The lowest BCUT2D eigenvalue weighted by Gasteiger charge is -1.98. The molecule has 1 N–H and O–H groups in total. The first kappa shape index (κ1) is 11.7. The van der Waals surface area contributed by atoms with Crippen LogP contribution in [-0.4, -0.2) is 16.1 Å². The van der Waals surface area contributed by atoms with Crippen molar-refractivity contribution in [3.05, 3.63) is 51.5 Å². The molecule has 0 radical (unpaired) electrons. The van der Waals surface area contributed by atoms with Gasteiger partial charge in [0.25, 0.3) is 0 Å². The van der Waals surface area contributed by atoms with Gasteiger partial charge in [0.15, 0.2) is 0 Å². The van der Waals surface area contributed by atoms with Crippen molar-refractivity contribution in [3.8, 4) is 0 Å². The van der Waals surface area contributed by atoms with Crippen LogP contribution >= 0.6 is 11.3 Å². The lowest BCUT2D eigenvalue weighted by Crippen LogP contribution is -1.90. The van der Waals surface area contributed by atoms with Crippen molar-refractivity contribution >= 4 is 17.3 Å². The number of hydrogen-bond acceptors (Lipinski definition) is 3. The van der Waals surface area contributed by atoms with Crippen molar-refractivity contribution in [2.75, 3.05) is 0 Å². The van der Waals surface area contributed by atoms with Gasteiger partial charge in [-0.1, -0.05) is 0 Å². The first-order valence-corrected chi connectivity index (χ1v) is 5.49. The maximum absolute atomic E-state index is 12.9. The molecule has 0 aliphatic carbocycles. The summed E-state index contributed by atoms with van der Waals surface area (Å²) in [6.45, 7) is 0. The number of rotatable bonds is 3. The first-order chi connectivity index (χ1) is 8.04. The zero-order valence-electron chi connectivity index (χ0n) is 8.48. The highest BCUT2D eigenvalue weighted by atomic mass is 32.1. The van der Waals surface area contributed by atoms with Crippen molar-refractivity contribution in [3.63, 3.8) is 0 Å². The minimum atomic E-state index is -1.06. The van der Waals surface area contributed by atoms with E-state index in [4.69, 9.17) is 5.11 Å². The normalized spacial score (nSPS) is 10.5. The van der Waals surface area contributed by atoms with Gasteiger partial charge in [-0.2, -0.15) is 0 Å². The molecule has 0 aliphatic heterocycles. The van der Waals surface area contributed by atoms with Crippen LogP contribution in [0.1, 0.15) is 20.2 Å². The number of nitrogens with zero attached hydrogens (tertiary/aromatic N) is 1. The highest BCUT2D eigenvalue weighted by Gasteiger charge is 2.09. The molecule has 0 saturated carbocycles. The summed E-state index contributed by atoms with van der Waals surface area (Å²) in [5.41, 5.74) is 0.425. The molecule has 1 aromatic carbocycles. The van der Waals surface area contributed by atoms with Crippen LogP contribution in [-0.2, 0) is 6.42 Å². The summed E-state index contributed by atoms with van der Waals surface area (Å²) in [4.78, 5) is 14.6. The van der Waals surface area contributed by atoms with Gasteiger partial charge in [-0.05, 0) is 17.7 Å². The topological polar surface area (TPSA) is 50.2 Å². The second-order valence-electron chi connectivity index (χ2n) is 3.38. The molecule has 2 rings (SSSR count). The average molecular weight is 255 g/mol. The lowest BCUT2D eigenvalue weighted by atomic mass is 10.1. The van der Waals surface area contributed by atoms with E-state index in [0.29, 0.717) is 10.6 Å². The zero-order valence-corrected chi connectivity index (χ0v) is 9.30. The smallest absolute Gasteiger partial charge is 0.347 e. The molecule has 0 saturated heterocycles. The number of thiazole rings is 1. The van der Waals surface area contributed by atoms with Crippen molar-refractivity contribution in [2.45, 2.75) is 6.42 Å². The molecule has 17 heavy (non-hydrogen) atoms. The Hall–Kier alpha value is -1.82. The van der Waals surface area contributed by atoms with Crippen molar-refractivity contribution in [1.82, 2.24) is 4.98 Å². The van der Waals surface area contributed by atoms with Crippen LogP contribution in [0.15, 0.2) is 24.4 Å². The number of hydrogen-bond donors (Lipinski definition) is 1. The Labute approximate surface area is 99.4 Å². The Balaban J connectivity index is 2.22. The second-order valence-corrected chi connectivity index (χ2v) is 4.49. The number of halogens is 2. The monoisotopic (exact) mass is 255 g/mol. The molecule has 0 unspecified atom stereocenters. The summed E-state index contributed by atoms with van der Waals surface area (Å²) in [6.07, 6.45) is 1.45. The number of benzene rings is 1. The highest BCUT2D eigenvalue weighted by molar-refractivity contribution is 7.13. The summed E-state index contributed by atoms with van der Waals surface area (Å²) >= 11 is 0.992. The third-order valence-electron chi connectivity index (χ3n) is 2.04. The molecule has 1 aromatic heterocycles. The van der Waals surface area contributed by atoms with Gasteiger partial charge in [0.1, 0.15) is 16.5 Å². The van der Waals surface area contributed by atoms with Crippen LogP contribution < -0.4 is 0 Å². The van der Waals surface area contributed by atoms with E-state index < -0.39 is 17.6 Å². The summed E-state index contributed by atoms with van der Waals surface area (Å²) < 4.78 is 25.8. The Morgan fingerprint density at radius 2 is 1.94 bits per heavy atom. The van der Waals surface area contributed by atoms with Gasteiger partial charge in [-0.3, -0.25) is 0 Å². The van der Waals surface area contributed by atoms with E-state index in [9.17, 15) is 13.6 Å². The SMILES string of the molecule is O=C(O)c1cnc(Cc2cc(F)cc(F)c2)s1. The summed E-state index contributed by atoms with van der Waals surface area (Å²) in [6, 6.07) is 3.18. The van der Waals surface area contributed by atoms with E-state index in [1.54, 1.807) is 0 Å². The quantitative estimate of drug-likeness (QED) is 0.917. The van der Waals surface area contributed by atoms with Crippen LogP contribution in [0.3, 0.4) is 0 Å². The predicted molar refractivity (Wildman–Crippen MR) is 58.2 cm³/mol. The third kappa shape index (κ3) is 2.85. The van der Waals surface area contributed by atoms with Gasteiger partial charge in [0, 0.05) is 12.5 Å². The van der Waals surface area contributed by atoms with Crippen molar-refractivity contribution < 1.29 is 18.7 Å². The fourth-order valence-corrected chi connectivity index (χ4v) is 2.17. The summed E-state index contributed by atoms with van der Waals surface area (Å²) in [5.74, 6) is -2.37. The molecule has 0 spiro atoms. The largest absolute Gasteiger partial charge is 0.477 e. The zero-order chi connectivity index (χ0) is 12.4. The Morgan fingerprint density at radius 1 is 1.29 bits per heavy atom. The minimum Gasteiger partial charge on any atom is -0.477 e. The van der Waals surface area contributed by atoms with Gasteiger partial charge < -0.3 is 5.11 Å². The molecular formula is C11H7F2NO2S. The maximum Gasteiger partial charge on any atom is 0.347 e. The maximum atomic E-state index is 12.9.